The van der Waals surface area contributed by atoms with Crippen LogP contribution in [0.4, 0.5) is 26.7 Å². The van der Waals surface area contributed by atoms with Crippen molar-refractivity contribution in [2.24, 2.45) is 5.73 Å². The first kappa shape index (κ1) is 28.5. The van der Waals surface area contributed by atoms with Gasteiger partial charge in [-0.1, -0.05) is 29.0 Å². The molecule has 0 fully saturated rings. The van der Waals surface area contributed by atoms with Gasteiger partial charge in [0.05, 0.1) is 0 Å². The maximum Gasteiger partial charge on any atom is 0.264 e. The van der Waals surface area contributed by atoms with E-state index >= 15 is 0 Å². The molecule has 9 nitrogen and oxygen atoms in total. The van der Waals surface area contributed by atoms with Crippen LogP contribution in [0, 0.1) is 5.82 Å². The van der Waals surface area contributed by atoms with Gasteiger partial charge in [-0.2, -0.15) is 0 Å². The minimum Gasteiger partial charge on any atom is -0.484 e. The summed E-state index contributed by atoms with van der Waals surface area (Å²) in [6.07, 6.45) is 0. The molecule has 2 amide bonds. The van der Waals surface area contributed by atoms with E-state index in [1.807, 2.05) is 0 Å². The molecule has 206 valence electrons. The number of nitrogen functional groups attached to an aromatic ring is 1. The highest BCUT2D eigenvalue weighted by atomic mass is 35.5. The van der Waals surface area contributed by atoms with Crippen molar-refractivity contribution in [3.63, 3.8) is 0 Å². The SMILES string of the molecule is CC(C(N)=O)N(c1ccc(F)cc1)c1nc(N)c(C(=O)c2ccc(OCC(=O)N(C)c3cccc(Cl)c3)cc2)s1. The number of nitrogens with zero attached hydrogens (tertiary/aromatic N) is 3. The summed E-state index contributed by atoms with van der Waals surface area (Å²) in [5.41, 5.74) is 13.0. The number of primary amides is 1. The van der Waals surface area contributed by atoms with E-state index in [9.17, 15) is 18.8 Å². The van der Waals surface area contributed by atoms with Crippen molar-refractivity contribution in [3.8, 4) is 5.75 Å². The lowest BCUT2D eigenvalue weighted by Crippen LogP contribution is -2.39. The zero-order chi connectivity index (χ0) is 29.0. The number of rotatable bonds is 10. The van der Waals surface area contributed by atoms with Gasteiger partial charge in [0.2, 0.25) is 11.7 Å². The average molecular weight is 582 g/mol. The Morgan fingerprint density at radius 1 is 1.05 bits per heavy atom. The van der Waals surface area contributed by atoms with Gasteiger partial charge in [-0.3, -0.25) is 14.4 Å². The Balaban J connectivity index is 1.48. The zero-order valence-electron chi connectivity index (χ0n) is 21.5. The summed E-state index contributed by atoms with van der Waals surface area (Å²) in [5.74, 6) is -1.41. The predicted octanol–water partition coefficient (Wildman–Crippen LogP) is 4.80. The van der Waals surface area contributed by atoms with Gasteiger partial charge in [-0.25, -0.2) is 9.37 Å². The van der Waals surface area contributed by atoms with Gasteiger partial charge in [0.15, 0.2) is 11.7 Å². The molecule has 0 saturated carbocycles. The Morgan fingerprint density at radius 2 is 1.73 bits per heavy atom. The average Bonchev–Trinajstić information content (AvgIpc) is 3.32. The molecule has 0 spiro atoms. The van der Waals surface area contributed by atoms with Crippen LogP contribution >= 0.6 is 22.9 Å². The summed E-state index contributed by atoms with van der Waals surface area (Å²) in [6.45, 7) is 1.35. The smallest absolute Gasteiger partial charge is 0.264 e. The number of thiazole rings is 1. The number of hydrogen-bond donors (Lipinski definition) is 2. The van der Waals surface area contributed by atoms with Crippen molar-refractivity contribution in [2.45, 2.75) is 13.0 Å². The summed E-state index contributed by atoms with van der Waals surface area (Å²) in [4.78, 5) is 45.2. The second kappa shape index (κ2) is 12.1. The van der Waals surface area contributed by atoms with E-state index in [1.165, 1.54) is 34.1 Å². The molecule has 4 rings (SSSR count). The van der Waals surface area contributed by atoms with Crippen LogP contribution in [-0.4, -0.2) is 42.3 Å². The predicted molar refractivity (Wildman–Crippen MR) is 154 cm³/mol. The second-order valence-electron chi connectivity index (χ2n) is 8.71. The van der Waals surface area contributed by atoms with Crippen LogP contribution in [0.25, 0.3) is 0 Å². The van der Waals surface area contributed by atoms with Crippen molar-refractivity contribution < 1.29 is 23.5 Å². The molecule has 0 aliphatic rings. The molecule has 1 unspecified atom stereocenters. The summed E-state index contributed by atoms with van der Waals surface area (Å²) in [5, 5.41) is 0.763. The lowest BCUT2D eigenvalue weighted by atomic mass is 10.1. The van der Waals surface area contributed by atoms with Crippen LogP contribution in [0.2, 0.25) is 5.02 Å². The highest BCUT2D eigenvalue weighted by molar-refractivity contribution is 7.18. The lowest BCUT2D eigenvalue weighted by molar-refractivity contribution is -0.120. The van der Waals surface area contributed by atoms with Gasteiger partial charge in [0.1, 0.15) is 28.3 Å². The fourth-order valence-electron chi connectivity index (χ4n) is 3.72. The number of nitrogens with two attached hydrogens (primary N) is 2. The van der Waals surface area contributed by atoms with E-state index in [-0.39, 0.29) is 28.3 Å². The number of carbonyl (C=O) groups excluding carboxylic acids is 3. The highest BCUT2D eigenvalue weighted by Gasteiger charge is 2.27. The molecule has 1 atom stereocenters. The maximum atomic E-state index is 13.5. The van der Waals surface area contributed by atoms with E-state index in [0.29, 0.717) is 27.7 Å². The molecule has 1 aromatic heterocycles. The lowest BCUT2D eigenvalue weighted by Gasteiger charge is -2.26. The molecule has 1 heterocycles. The van der Waals surface area contributed by atoms with E-state index in [2.05, 4.69) is 4.98 Å². The van der Waals surface area contributed by atoms with Crippen molar-refractivity contribution in [3.05, 3.63) is 94.1 Å². The summed E-state index contributed by atoms with van der Waals surface area (Å²) in [7, 11) is 1.62. The van der Waals surface area contributed by atoms with Crippen LogP contribution in [0.1, 0.15) is 22.2 Å². The first-order chi connectivity index (χ1) is 19.0. The molecule has 4 N–H and O–H groups in total. The van der Waals surface area contributed by atoms with Gasteiger partial charge in [-0.05, 0) is 73.7 Å². The molecule has 40 heavy (non-hydrogen) atoms. The Hall–Kier alpha value is -4.48. The summed E-state index contributed by atoms with van der Waals surface area (Å²) in [6, 6.07) is 17.7. The highest BCUT2D eigenvalue weighted by Crippen LogP contribution is 2.36. The van der Waals surface area contributed by atoms with Crippen LogP contribution < -0.4 is 26.0 Å². The fourth-order valence-corrected chi connectivity index (χ4v) is 4.95. The van der Waals surface area contributed by atoms with Gasteiger partial charge in [-0.15, -0.1) is 0 Å². The molecule has 0 radical (unpaired) electrons. The molecule has 0 aliphatic heterocycles. The Morgan fingerprint density at radius 3 is 2.35 bits per heavy atom. The number of halogens is 2. The first-order valence-electron chi connectivity index (χ1n) is 11.9. The van der Waals surface area contributed by atoms with E-state index in [0.717, 1.165) is 11.3 Å². The normalized spacial score (nSPS) is 11.5. The zero-order valence-corrected chi connectivity index (χ0v) is 23.1. The molecule has 4 aromatic rings. The third-order valence-electron chi connectivity index (χ3n) is 6.01. The van der Waals surface area contributed by atoms with Gasteiger partial charge >= 0.3 is 0 Å². The number of likely N-dealkylation sites (N-methyl/N-ethyl adjacent to an activating group) is 1. The Labute approximate surface area is 238 Å². The standard InChI is InChI=1S/C28H25ClFN5O4S/c1-16(27(32)38)35(20-10-8-19(30)9-11-20)28-33-26(31)25(40-28)24(37)17-6-12-22(13-7-17)39-15-23(36)34(2)21-5-3-4-18(29)14-21/h3-14,16H,15,31H2,1-2H3,(H2,32,38). The number of hydrogen-bond acceptors (Lipinski definition) is 8. The van der Waals surface area contributed by atoms with Crippen molar-refractivity contribution in [1.29, 1.82) is 0 Å². The third kappa shape index (κ3) is 6.38. The van der Waals surface area contributed by atoms with Crippen molar-refractivity contribution in [2.75, 3.05) is 29.2 Å². The quantitative estimate of drug-likeness (QED) is 0.257. The van der Waals surface area contributed by atoms with Crippen molar-refractivity contribution in [1.82, 2.24) is 4.98 Å². The van der Waals surface area contributed by atoms with Gasteiger partial charge in [0, 0.05) is 29.0 Å². The summed E-state index contributed by atoms with van der Waals surface area (Å²) < 4.78 is 19.1. The van der Waals surface area contributed by atoms with Crippen LogP contribution in [-0.2, 0) is 9.59 Å². The number of benzene rings is 3. The summed E-state index contributed by atoms with van der Waals surface area (Å²) >= 11 is 6.98. The molecule has 0 bridgehead atoms. The third-order valence-corrected chi connectivity index (χ3v) is 7.31. The van der Waals surface area contributed by atoms with Crippen LogP contribution in [0.3, 0.4) is 0 Å². The first-order valence-corrected chi connectivity index (χ1v) is 13.1. The van der Waals surface area contributed by atoms with Gasteiger partial charge in [0.25, 0.3) is 5.91 Å². The van der Waals surface area contributed by atoms with E-state index in [1.54, 1.807) is 62.5 Å². The molecular weight excluding hydrogens is 557 g/mol. The molecule has 3 aromatic carbocycles. The largest absolute Gasteiger partial charge is 0.484 e. The van der Waals surface area contributed by atoms with Crippen LogP contribution in [0.5, 0.6) is 5.75 Å². The maximum absolute atomic E-state index is 13.5. The van der Waals surface area contributed by atoms with E-state index < -0.39 is 23.5 Å². The monoisotopic (exact) mass is 581 g/mol. The number of anilines is 4. The molecule has 0 saturated heterocycles. The Kier molecular flexibility index (Phi) is 8.66. The number of carbonyl (C=O) groups is 3. The molecule has 12 heteroatoms. The molecular formula is C28H25ClFN5O4S. The topological polar surface area (TPSA) is 132 Å². The van der Waals surface area contributed by atoms with Crippen molar-refractivity contribution >= 4 is 62.9 Å². The van der Waals surface area contributed by atoms with Gasteiger partial charge < -0.3 is 26.0 Å². The number of ether oxygens (including phenoxy) is 1. The second-order valence-corrected chi connectivity index (χ2v) is 10.1. The molecule has 0 aliphatic carbocycles. The number of ketones is 1. The fraction of sp³-hybridized carbons (Fsp3) is 0.143. The number of aromatic nitrogens is 1. The minimum atomic E-state index is -0.851. The number of amides is 2. The minimum absolute atomic E-state index is 0.0243. The van der Waals surface area contributed by atoms with E-state index in [4.69, 9.17) is 27.8 Å². The Bertz CT molecular complexity index is 1550. The van der Waals surface area contributed by atoms with Crippen LogP contribution in [0.15, 0.2) is 72.8 Å².